The van der Waals surface area contributed by atoms with Crippen LogP contribution < -0.4 is 15.8 Å². The summed E-state index contributed by atoms with van der Waals surface area (Å²) < 4.78 is 40.1. The third kappa shape index (κ3) is 7.46. The zero-order valence-electron chi connectivity index (χ0n) is 13.5. The van der Waals surface area contributed by atoms with Crippen LogP contribution in [0.5, 0.6) is 5.75 Å². The normalized spacial score (nSPS) is 13.1. The summed E-state index contributed by atoms with van der Waals surface area (Å²) in [7, 11) is 0. The molecule has 2 aromatic rings. The van der Waals surface area contributed by atoms with Crippen molar-refractivity contribution in [3.05, 3.63) is 40.3 Å². The van der Waals surface area contributed by atoms with Crippen molar-refractivity contribution in [2.75, 3.05) is 11.9 Å². The molecule has 138 valence electrons. The molecule has 1 aromatic heterocycles. The van der Waals surface area contributed by atoms with E-state index in [4.69, 9.17) is 5.73 Å². The molecule has 0 spiro atoms. The van der Waals surface area contributed by atoms with Crippen LogP contribution >= 0.6 is 35.3 Å². The quantitative estimate of drug-likeness (QED) is 0.371. The standard InChI is InChI=1S/C15H17F3N4OS.HI/c1-9(13-20-8-10(2)24-13)7-21-14(19)22-11-3-5-12(6-4-11)23-15(16,17)18;/h3-6,8-9H,7H2,1-2H3,(H3,19,21,22);1H. The van der Waals surface area contributed by atoms with Gasteiger partial charge in [0.25, 0.3) is 0 Å². The lowest BCUT2D eigenvalue weighted by Crippen LogP contribution is -2.23. The highest BCUT2D eigenvalue weighted by Gasteiger charge is 2.30. The Balaban J connectivity index is 0.00000312. The number of aliphatic imine (C=N–C) groups is 1. The number of guanidine groups is 1. The van der Waals surface area contributed by atoms with Gasteiger partial charge in [-0.1, -0.05) is 6.92 Å². The Morgan fingerprint density at radius 2 is 2.00 bits per heavy atom. The third-order valence-corrected chi connectivity index (χ3v) is 4.10. The van der Waals surface area contributed by atoms with Gasteiger partial charge in [0, 0.05) is 22.7 Å². The molecule has 25 heavy (non-hydrogen) atoms. The van der Waals surface area contributed by atoms with E-state index in [0.29, 0.717) is 12.2 Å². The summed E-state index contributed by atoms with van der Waals surface area (Å²) in [5.41, 5.74) is 6.30. The number of halogens is 4. The molecule has 1 unspecified atom stereocenters. The fourth-order valence-electron chi connectivity index (χ4n) is 1.84. The van der Waals surface area contributed by atoms with Gasteiger partial charge in [-0.25, -0.2) is 4.98 Å². The fraction of sp³-hybridized carbons (Fsp3) is 0.333. The Bertz CT molecular complexity index is 704. The second-order valence-electron chi connectivity index (χ2n) is 5.13. The topological polar surface area (TPSA) is 72.5 Å². The Morgan fingerprint density at radius 1 is 1.36 bits per heavy atom. The van der Waals surface area contributed by atoms with Gasteiger partial charge in [0.2, 0.25) is 0 Å². The van der Waals surface area contributed by atoms with Crippen molar-refractivity contribution in [3.8, 4) is 5.75 Å². The van der Waals surface area contributed by atoms with Crippen LogP contribution in [-0.2, 0) is 0 Å². The van der Waals surface area contributed by atoms with Gasteiger partial charge in [0.1, 0.15) is 5.75 Å². The molecule has 0 bridgehead atoms. The van der Waals surface area contributed by atoms with Crippen molar-refractivity contribution in [1.29, 1.82) is 0 Å². The van der Waals surface area contributed by atoms with Crippen LogP contribution in [0.25, 0.3) is 0 Å². The zero-order chi connectivity index (χ0) is 17.7. The third-order valence-electron chi connectivity index (χ3n) is 2.96. The smallest absolute Gasteiger partial charge is 0.406 e. The molecular formula is C15H18F3IN4OS. The number of nitrogens with two attached hydrogens (primary N) is 1. The number of benzene rings is 1. The minimum atomic E-state index is -4.71. The van der Waals surface area contributed by atoms with E-state index in [1.165, 1.54) is 24.3 Å². The van der Waals surface area contributed by atoms with E-state index in [0.717, 1.165) is 9.88 Å². The van der Waals surface area contributed by atoms with E-state index < -0.39 is 6.36 Å². The number of rotatable bonds is 5. The number of hydrogen-bond donors (Lipinski definition) is 2. The molecule has 0 saturated heterocycles. The number of nitrogens with zero attached hydrogens (tertiary/aromatic N) is 2. The first-order chi connectivity index (χ1) is 11.2. The second kappa shape index (κ2) is 9.22. The van der Waals surface area contributed by atoms with Crippen LogP contribution in [0.1, 0.15) is 22.7 Å². The first-order valence-corrected chi connectivity index (χ1v) is 7.89. The molecule has 5 nitrogen and oxygen atoms in total. The maximum absolute atomic E-state index is 12.1. The van der Waals surface area contributed by atoms with Gasteiger partial charge in [-0.15, -0.1) is 48.5 Å². The van der Waals surface area contributed by atoms with Crippen LogP contribution in [0.3, 0.4) is 0 Å². The highest BCUT2D eigenvalue weighted by molar-refractivity contribution is 14.0. The highest BCUT2D eigenvalue weighted by Crippen LogP contribution is 2.24. The molecule has 0 aliphatic heterocycles. The lowest BCUT2D eigenvalue weighted by Gasteiger charge is -2.10. The maximum Gasteiger partial charge on any atom is 0.573 e. The average molecular weight is 486 g/mol. The van der Waals surface area contributed by atoms with E-state index in [1.54, 1.807) is 11.3 Å². The SMILES string of the molecule is Cc1cnc(C(C)CN=C(N)Nc2ccc(OC(F)(F)F)cc2)s1.I. The van der Waals surface area contributed by atoms with Crippen LogP contribution in [0.15, 0.2) is 35.5 Å². The van der Waals surface area contributed by atoms with Crippen LogP contribution in [0.2, 0.25) is 0 Å². The highest BCUT2D eigenvalue weighted by atomic mass is 127. The molecule has 10 heteroatoms. The summed E-state index contributed by atoms with van der Waals surface area (Å²) in [6, 6.07) is 5.25. The van der Waals surface area contributed by atoms with Crippen molar-refractivity contribution in [3.63, 3.8) is 0 Å². The lowest BCUT2D eigenvalue weighted by molar-refractivity contribution is -0.274. The van der Waals surface area contributed by atoms with E-state index in [2.05, 4.69) is 20.0 Å². The summed E-state index contributed by atoms with van der Waals surface area (Å²) in [6.45, 7) is 4.44. The molecular weight excluding hydrogens is 468 g/mol. The maximum atomic E-state index is 12.1. The van der Waals surface area contributed by atoms with Gasteiger partial charge >= 0.3 is 6.36 Å². The molecule has 1 heterocycles. The molecule has 0 radical (unpaired) electrons. The predicted molar refractivity (Wildman–Crippen MR) is 104 cm³/mol. The van der Waals surface area contributed by atoms with E-state index in [-0.39, 0.29) is 41.6 Å². The molecule has 2 rings (SSSR count). The zero-order valence-corrected chi connectivity index (χ0v) is 16.6. The van der Waals surface area contributed by atoms with Crippen molar-refractivity contribution in [2.24, 2.45) is 10.7 Å². The van der Waals surface area contributed by atoms with E-state index in [1.807, 2.05) is 20.0 Å². The Hall–Kier alpha value is -1.56. The average Bonchev–Trinajstić information content (AvgIpc) is 2.92. The number of alkyl halides is 3. The molecule has 0 aliphatic rings. The lowest BCUT2D eigenvalue weighted by atomic mass is 10.2. The number of aromatic nitrogens is 1. The van der Waals surface area contributed by atoms with Crippen molar-refractivity contribution < 1.29 is 17.9 Å². The predicted octanol–water partition coefficient (Wildman–Crippen LogP) is 4.50. The fourth-order valence-corrected chi connectivity index (χ4v) is 2.66. The van der Waals surface area contributed by atoms with Crippen molar-refractivity contribution in [1.82, 2.24) is 4.98 Å². The van der Waals surface area contributed by atoms with Gasteiger partial charge in [0.05, 0.1) is 11.6 Å². The van der Waals surface area contributed by atoms with Crippen LogP contribution in [0, 0.1) is 6.92 Å². The first kappa shape index (κ1) is 21.5. The summed E-state index contributed by atoms with van der Waals surface area (Å²) in [6.07, 6.45) is -2.90. The molecule has 0 amide bonds. The molecule has 3 N–H and O–H groups in total. The molecule has 0 saturated carbocycles. The summed E-state index contributed by atoms with van der Waals surface area (Å²) >= 11 is 1.61. The van der Waals surface area contributed by atoms with E-state index >= 15 is 0 Å². The van der Waals surface area contributed by atoms with Gasteiger partial charge in [0.15, 0.2) is 5.96 Å². The Morgan fingerprint density at radius 3 is 2.52 bits per heavy atom. The monoisotopic (exact) mass is 486 g/mol. The van der Waals surface area contributed by atoms with Gasteiger partial charge < -0.3 is 15.8 Å². The summed E-state index contributed by atoms with van der Waals surface area (Å²) in [5.74, 6) is 0.0163. The van der Waals surface area contributed by atoms with Gasteiger partial charge in [-0.3, -0.25) is 4.99 Å². The largest absolute Gasteiger partial charge is 0.573 e. The molecule has 1 aromatic carbocycles. The summed E-state index contributed by atoms with van der Waals surface area (Å²) in [4.78, 5) is 9.66. The first-order valence-electron chi connectivity index (χ1n) is 7.08. The van der Waals surface area contributed by atoms with Crippen molar-refractivity contribution in [2.45, 2.75) is 26.1 Å². The van der Waals surface area contributed by atoms with Gasteiger partial charge in [-0.05, 0) is 31.2 Å². The number of nitrogens with one attached hydrogen (secondary N) is 1. The Kier molecular flexibility index (Phi) is 7.93. The number of thiazole rings is 1. The van der Waals surface area contributed by atoms with Gasteiger partial charge in [-0.2, -0.15) is 0 Å². The molecule has 1 atom stereocenters. The number of anilines is 1. The Labute approximate surface area is 164 Å². The number of hydrogen-bond acceptors (Lipinski definition) is 4. The number of ether oxygens (including phenoxy) is 1. The van der Waals surface area contributed by atoms with Crippen LogP contribution in [0.4, 0.5) is 18.9 Å². The second-order valence-corrected chi connectivity index (χ2v) is 6.40. The minimum absolute atomic E-state index is 0. The van der Waals surface area contributed by atoms with Crippen LogP contribution in [-0.4, -0.2) is 23.9 Å². The minimum Gasteiger partial charge on any atom is -0.406 e. The molecule has 0 aliphatic carbocycles. The van der Waals surface area contributed by atoms with Crippen molar-refractivity contribution >= 4 is 47.0 Å². The van der Waals surface area contributed by atoms with E-state index in [9.17, 15) is 13.2 Å². The molecule has 0 fully saturated rings. The number of aryl methyl sites for hydroxylation is 1. The summed E-state index contributed by atoms with van der Waals surface area (Å²) in [5, 5.41) is 3.80.